The Bertz CT molecular complexity index is 907. The Morgan fingerprint density at radius 1 is 1.19 bits per heavy atom. The Labute approximate surface area is 156 Å². The summed E-state index contributed by atoms with van der Waals surface area (Å²) < 4.78 is 12.3. The van der Waals surface area contributed by atoms with Gasteiger partial charge in [0.05, 0.1) is 18.0 Å². The van der Waals surface area contributed by atoms with E-state index >= 15 is 0 Å². The molecule has 0 N–H and O–H groups in total. The molecule has 0 fully saturated rings. The van der Waals surface area contributed by atoms with Gasteiger partial charge < -0.3 is 9.47 Å². The van der Waals surface area contributed by atoms with Crippen LogP contribution in [-0.2, 0) is 11.3 Å². The summed E-state index contributed by atoms with van der Waals surface area (Å²) in [4.78, 5) is 12.3. The lowest BCUT2D eigenvalue weighted by Crippen LogP contribution is -2.08. The van der Waals surface area contributed by atoms with Crippen molar-refractivity contribution in [2.24, 2.45) is 0 Å². The molecule has 0 aliphatic heterocycles. The molecule has 0 radical (unpaired) electrons. The number of nitrogens with zero attached hydrogens (tertiary/aromatic N) is 3. The molecule has 134 valence electrons. The zero-order valence-electron chi connectivity index (χ0n) is 14.5. The topological polar surface area (TPSA) is 66.2 Å². The molecule has 0 saturated carbocycles. The van der Waals surface area contributed by atoms with E-state index in [1.807, 2.05) is 37.3 Å². The van der Waals surface area contributed by atoms with E-state index in [1.165, 1.54) is 0 Å². The lowest BCUT2D eigenvalue weighted by atomic mass is 10.2. The van der Waals surface area contributed by atoms with Crippen LogP contribution in [0.5, 0.6) is 5.75 Å². The number of carbonyl (C=O) groups is 1. The van der Waals surface area contributed by atoms with Crippen LogP contribution in [0.2, 0.25) is 5.02 Å². The molecule has 0 unspecified atom stereocenters. The van der Waals surface area contributed by atoms with Crippen LogP contribution in [0.25, 0.3) is 5.69 Å². The average molecular weight is 372 g/mol. The first-order valence-electron chi connectivity index (χ1n) is 8.15. The molecule has 26 heavy (non-hydrogen) atoms. The highest BCUT2D eigenvalue weighted by Gasteiger charge is 2.19. The first-order valence-corrected chi connectivity index (χ1v) is 8.53. The summed E-state index contributed by atoms with van der Waals surface area (Å²) in [7, 11) is 0. The van der Waals surface area contributed by atoms with Gasteiger partial charge in [-0.1, -0.05) is 28.9 Å². The van der Waals surface area contributed by atoms with E-state index in [1.54, 1.807) is 29.8 Å². The van der Waals surface area contributed by atoms with Crippen molar-refractivity contribution in [3.63, 3.8) is 0 Å². The van der Waals surface area contributed by atoms with Gasteiger partial charge in [0, 0.05) is 5.02 Å². The Kier molecular flexibility index (Phi) is 5.53. The quantitative estimate of drug-likeness (QED) is 0.613. The molecule has 3 aromatic rings. The molecular formula is C19H18ClN3O3. The van der Waals surface area contributed by atoms with Gasteiger partial charge in [-0.05, 0) is 55.8 Å². The van der Waals surface area contributed by atoms with Gasteiger partial charge in [0.25, 0.3) is 0 Å². The van der Waals surface area contributed by atoms with Crippen molar-refractivity contribution >= 4 is 17.6 Å². The SMILES string of the molecule is CCOc1ccc(-n2nnc(C(=O)OCc3cccc(Cl)c3)c2C)cc1. The Morgan fingerprint density at radius 2 is 1.96 bits per heavy atom. The molecule has 3 rings (SSSR count). The van der Waals surface area contributed by atoms with Crippen LogP contribution in [-0.4, -0.2) is 27.6 Å². The normalized spacial score (nSPS) is 10.6. The van der Waals surface area contributed by atoms with Crippen LogP contribution in [0.15, 0.2) is 48.5 Å². The fourth-order valence-electron chi connectivity index (χ4n) is 2.46. The maximum absolute atomic E-state index is 12.3. The third kappa shape index (κ3) is 4.03. The molecule has 0 atom stereocenters. The van der Waals surface area contributed by atoms with Gasteiger partial charge in [0.15, 0.2) is 5.69 Å². The molecule has 0 aliphatic carbocycles. The third-order valence-corrected chi connectivity index (χ3v) is 3.97. The predicted molar refractivity (Wildman–Crippen MR) is 97.8 cm³/mol. The van der Waals surface area contributed by atoms with E-state index in [-0.39, 0.29) is 12.3 Å². The summed E-state index contributed by atoms with van der Waals surface area (Å²) in [6.07, 6.45) is 0. The first-order chi connectivity index (χ1) is 12.6. The smallest absolute Gasteiger partial charge is 0.361 e. The van der Waals surface area contributed by atoms with Crippen LogP contribution in [0.4, 0.5) is 0 Å². The number of hydrogen-bond acceptors (Lipinski definition) is 5. The minimum Gasteiger partial charge on any atom is -0.494 e. The van der Waals surface area contributed by atoms with Crippen molar-refractivity contribution in [1.82, 2.24) is 15.0 Å². The van der Waals surface area contributed by atoms with Crippen LogP contribution in [0.3, 0.4) is 0 Å². The average Bonchev–Trinajstić information content (AvgIpc) is 3.02. The molecule has 1 heterocycles. The van der Waals surface area contributed by atoms with E-state index < -0.39 is 5.97 Å². The first kappa shape index (κ1) is 17.9. The van der Waals surface area contributed by atoms with E-state index in [2.05, 4.69) is 10.3 Å². The fourth-order valence-corrected chi connectivity index (χ4v) is 2.67. The summed E-state index contributed by atoms with van der Waals surface area (Å²) in [5.74, 6) is 0.245. The van der Waals surface area contributed by atoms with Gasteiger partial charge in [-0.15, -0.1) is 5.10 Å². The summed E-state index contributed by atoms with van der Waals surface area (Å²) in [5.41, 5.74) is 2.38. The van der Waals surface area contributed by atoms with E-state index in [0.717, 1.165) is 17.0 Å². The number of ether oxygens (including phenoxy) is 2. The maximum Gasteiger partial charge on any atom is 0.361 e. The van der Waals surface area contributed by atoms with E-state index in [0.29, 0.717) is 17.3 Å². The van der Waals surface area contributed by atoms with Gasteiger partial charge in [0.2, 0.25) is 0 Å². The van der Waals surface area contributed by atoms with E-state index in [4.69, 9.17) is 21.1 Å². The molecule has 0 saturated heterocycles. The molecular weight excluding hydrogens is 354 g/mol. The number of benzene rings is 2. The lowest BCUT2D eigenvalue weighted by Gasteiger charge is -2.07. The van der Waals surface area contributed by atoms with Crippen LogP contribution in [0, 0.1) is 6.92 Å². The lowest BCUT2D eigenvalue weighted by molar-refractivity contribution is 0.0464. The van der Waals surface area contributed by atoms with Crippen LogP contribution >= 0.6 is 11.6 Å². The third-order valence-electron chi connectivity index (χ3n) is 3.74. The molecule has 0 amide bonds. The number of halogens is 1. The van der Waals surface area contributed by atoms with Crippen molar-refractivity contribution in [2.75, 3.05) is 6.61 Å². The van der Waals surface area contributed by atoms with E-state index in [9.17, 15) is 4.79 Å². The molecule has 2 aromatic carbocycles. The Morgan fingerprint density at radius 3 is 2.65 bits per heavy atom. The second-order valence-electron chi connectivity index (χ2n) is 5.57. The number of rotatable bonds is 6. The Hall–Kier alpha value is -2.86. The largest absolute Gasteiger partial charge is 0.494 e. The molecule has 7 heteroatoms. The van der Waals surface area contributed by atoms with Crippen molar-refractivity contribution in [2.45, 2.75) is 20.5 Å². The van der Waals surface area contributed by atoms with Crippen molar-refractivity contribution < 1.29 is 14.3 Å². The van der Waals surface area contributed by atoms with Crippen LogP contribution in [0.1, 0.15) is 28.7 Å². The molecule has 0 aliphatic rings. The van der Waals surface area contributed by atoms with Gasteiger partial charge in [0.1, 0.15) is 12.4 Å². The molecule has 6 nitrogen and oxygen atoms in total. The van der Waals surface area contributed by atoms with Gasteiger partial charge in [-0.25, -0.2) is 9.48 Å². The standard InChI is InChI=1S/C19H18ClN3O3/c1-3-25-17-9-7-16(8-10-17)23-13(2)18(21-22-23)19(24)26-12-14-5-4-6-15(20)11-14/h4-11H,3,12H2,1-2H3. The predicted octanol–water partition coefficient (Wildman–Crippen LogP) is 3.98. The molecule has 0 spiro atoms. The summed E-state index contributed by atoms with van der Waals surface area (Å²) >= 11 is 5.93. The zero-order chi connectivity index (χ0) is 18.5. The zero-order valence-corrected chi connectivity index (χ0v) is 15.2. The minimum atomic E-state index is -0.528. The summed E-state index contributed by atoms with van der Waals surface area (Å²) in [6, 6.07) is 14.6. The van der Waals surface area contributed by atoms with Gasteiger partial charge in [-0.3, -0.25) is 0 Å². The maximum atomic E-state index is 12.3. The second kappa shape index (κ2) is 8.01. The fraction of sp³-hybridized carbons (Fsp3) is 0.211. The summed E-state index contributed by atoms with van der Waals surface area (Å²) in [5, 5.41) is 8.61. The molecule has 1 aromatic heterocycles. The van der Waals surface area contributed by atoms with Crippen molar-refractivity contribution in [1.29, 1.82) is 0 Å². The van der Waals surface area contributed by atoms with Gasteiger partial charge >= 0.3 is 5.97 Å². The monoisotopic (exact) mass is 371 g/mol. The molecule has 0 bridgehead atoms. The Balaban J connectivity index is 1.72. The number of hydrogen-bond donors (Lipinski definition) is 0. The second-order valence-corrected chi connectivity index (χ2v) is 6.00. The van der Waals surface area contributed by atoms with Crippen molar-refractivity contribution in [3.8, 4) is 11.4 Å². The number of aromatic nitrogens is 3. The summed E-state index contributed by atoms with van der Waals surface area (Å²) in [6.45, 7) is 4.42. The minimum absolute atomic E-state index is 0.120. The number of esters is 1. The van der Waals surface area contributed by atoms with Gasteiger partial charge in [-0.2, -0.15) is 0 Å². The highest BCUT2D eigenvalue weighted by molar-refractivity contribution is 6.30. The van der Waals surface area contributed by atoms with Crippen molar-refractivity contribution in [3.05, 3.63) is 70.5 Å². The number of carbonyl (C=O) groups excluding carboxylic acids is 1. The highest BCUT2D eigenvalue weighted by Crippen LogP contribution is 2.18. The van der Waals surface area contributed by atoms with Crippen LogP contribution < -0.4 is 4.74 Å². The highest BCUT2D eigenvalue weighted by atomic mass is 35.5.